The lowest BCUT2D eigenvalue weighted by Gasteiger charge is -2.45. The molecule has 1 aliphatic heterocycles. The molecule has 9 nitrogen and oxygen atoms in total. The van der Waals surface area contributed by atoms with Crippen LogP contribution in [0, 0.1) is 22.7 Å². The largest absolute Gasteiger partial charge is 0.382 e. The fourth-order valence-corrected chi connectivity index (χ4v) is 5.68. The van der Waals surface area contributed by atoms with Crippen LogP contribution in [0.15, 0.2) is 48.5 Å². The van der Waals surface area contributed by atoms with Crippen molar-refractivity contribution >= 4 is 29.1 Å². The van der Waals surface area contributed by atoms with E-state index in [2.05, 4.69) is 27.4 Å². The summed E-state index contributed by atoms with van der Waals surface area (Å²) in [5.74, 6) is -0.443. The number of halogens is 1. The summed E-state index contributed by atoms with van der Waals surface area (Å²) in [4.78, 5) is 21.1. The SMILES string of the molecule is N#Cc1ccc(CCC[N+]2(CCCc3ccc(C#N)cc3)CCCC(NC(=O)c3nc(Cl)c(N)nc3N)C2)cc1. The number of nitrogen functional groups attached to an aromatic ring is 2. The molecule has 1 saturated heterocycles. The standard InChI is InChI=1S/C30H33ClN8O/c31-27-29(35)38-28(34)26(37-27)30(40)36-25-6-3-17-39(20-25,15-1-4-21-7-11-23(18-32)12-8-21)16-2-5-22-9-13-24(19-33)14-10-22/h7-14,25H,1-6,15-17,20H2,(H4-,34,35,36,38,40)/p+1. The highest BCUT2D eigenvalue weighted by Crippen LogP contribution is 2.24. The zero-order valence-corrected chi connectivity index (χ0v) is 23.2. The smallest absolute Gasteiger partial charge is 0.274 e. The molecule has 1 aromatic heterocycles. The summed E-state index contributed by atoms with van der Waals surface area (Å²) >= 11 is 6.00. The number of aromatic nitrogens is 2. The molecule has 40 heavy (non-hydrogen) atoms. The summed E-state index contributed by atoms with van der Waals surface area (Å²) in [5, 5.41) is 21.2. The molecule has 5 N–H and O–H groups in total. The molecule has 4 rings (SSSR count). The molecule has 206 valence electrons. The Morgan fingerprint density at radius 3 is 2.00 bits per heavy atom. The van der Waals surface area contributed by atoms with Crippen molar-refractivity contribution in [3.8, 4) is 12.1 Å². The summed E-state index contributed by atoms with van der Waals surface area (Å²) in [6.07, 6.45) is 5.70. The van der Waals surface area contributed by atoms with Crippen molar-refractivity contribution in [2.75, 3.05) is 37.6 Å². The normalized spacial score (nSPS) is 16.0. The third-order valence-corrected chi connectivity index (χ3v) is 7.89. The van der Waals surface area contributed by atoms with Crippen LogP contribution in [-0.4, -0.2) is 52.6 Å². The molecule has 1 unspecified atom stereocenters. The topological polar surface area (TPSA) is 155 Å². The molecule has 0 spiro atoms. The number of nitrogens with two attached hydrogens (primary N) is 2. The van der Waals surface area contributed by atoms with Gasteiger partial charge in [-0.05, 0) is 61.1 Å². The Kier molecular flexibility index (Phi) is 9.55. The number of carbonyl (C=O) groups is 1. The summed E-state index contributed by atoms with van der Waals surface area (Å²) in [5.41, 5.74) is 15.3. The number of quaternary nitrogens is 1. The van der Waals surface area contributed by atoms with Crippen molar-refractivity contribution in [2.24, 2.45) is 0 Å². The van der Waals surface area contributed by atoms with E-state index in [0.717, 1.165) is 69.2 Å². The number of carbonyl (C=O) groups excluding carboxylic acids is 1. The molecule has 0 bridgehead atoms. The van der Waals surface area contributed by atoms with Gasteiger partial charge in [0.1, 0.15) is 0 Å². The van der Waals surface area contributed by atoms with Gasteiger partial charge in [0.2, 0.25) is 0 Å². The van der Waals surface area contributed by atoms with E-state index in [1.165, 1.54) is 11.1 Å². The Hall–Kier alpha value is -4.18. The predicted molar refractivity (Wildman–Crippen MR) is 155 cm³/mol. The zero-order chi connectivity index (χ0) is 28.5. The first-order valence-electron chi connectivity index (χ1n) is 13.5. The van der Waals surface area contributed by atoms with E-state index in [9.17, 15) is 4.79 Å². The Morgan fingerprint density at radius 2 is 1.48 bits per heavy atom. The number of rotatable bonds is 10. The summed E-state index contributed by atoms with van der Waals surface area (Å²) < 4.78 is 0.904. The van der Waals surface area contributed by atoms with Crippen LogP contribution in [0.3, 0.4) is 0 Å². The molecular formula is C30H34ClN8O+. The predicted octanol–water partition coefficient (Wildman–Crippen LogP) is 4.01. The molecule has 1 fully saturated rings. The zero-order valence-electron chi connectivity index (χ0n) is 22.4. The van der Waals surface area contributed by atoms with Crippen LogP contribution in [0.5, 0.6) is 0 Å². The molecule has 0 aliphatic carbocycles. The Balaban J connectivity index is 1.44. The minimum Gasteiger partial charge on any atom is -0.382 e. The molecule has 2 heterocycles. The van der Waals surface area contributed by atoms with Gasteiger partial charge in [0.15, 0.2) is 22.5 Å². The minimum atomic E-state index is -0.396. The molecular weight excluding hydrogens is 524 g/mol. The van der Waals surface area contributed by atoms with Crippen molar-refractivity contribution in [1.82, 2.24) is 15.3 Å². The number of nitrogens with one attached hydrogen (secondary N) is 1. The number of likely N-dealkylation sites (tertiary alicyclic amines) is 1. The van der Waals surface area contributed by atoms with Crippen molar-refractivity contribution in [3.05, 3.63) is 81.6 Å². The molecule has 0 radical (unpaired) electrons. The quantitative estimate of drug-likeness (QED) is 0.318. The van der Waals surface area contributed by atoms with E-state index >= 15 is 0 Å². The summed E-state index contributed by atoms with van der Waals surface area (Å²) in [6.45, 7) is 3.82. The number of hydrogen-bond donors (Lipinski definition) is 3. The van der Waals surface area contributed by atoms with E-state index in [0.29, 0.717) is 11.1 Å². The molecule has 1 atom stereocenters. The molecule has 3 aromatic rings. The lowest BCUT2D eigenvalue weighted by molar-refractivity contribution is -0.933. The van der Waals surface area contributed by atoms with E-state index in [1.54, 1.807) is 0 Å². The van der Waals surface area contributed by atoms with Crippen LogP contribution < -0.4 is 16.8 Å². The second-order valence-corrected chi connectivity index (χ2v) is 10.8. The van der Waals surface area contributed by atoms with Gasteiger partial charge < -0.3 is 21.3 Å². The van der Waals surface area contributed by atoms with Gasteiger partial charge in [0.05, 0.1) is 55.5 Å². The number of nitrogens with zero attached hydrogens (tertiary/aromatic N) is 5. The first-order chi connectivity index (χ1) is 19.3. The second-order valence-electron chi connectivity index (χ2n) is 10.5. The van der Waals surface area contributed by atoms with Gasteiger partial charge >= 0.3 is 0 Å². The molecule has 10 heteroatoms. The fraction of sp³-hybridized carbons (Fsp3) is 0.367. The Bertz CT molecular complexity index is 1350. The highest BCUT2D eigenvalue weighted by Gasteiger charge is 2.35. The number of benzene rings is 2. The number of aryl methyl sites for hydroxylation is 2. The van der Waals surface area contributed by atoms with Crippen LogP contribution >= 0.6 is 11.6 Å². The summed E-state index contributed by atoms with van der Waals surface area (Å²) in [7, 11) is 0. The lowest BCUT2D eigenvalue weighted by atomic mass is 9.98. The van der Waals surface area contributed by atoms with Gasteiger partial charge in [-0.2, -0.15) is 10.5 Å². The van der Waals surface area contributed by atoms with Crippen molar-refractivity contribution < 1.29 is 9.28 Å². The van der Waals surface area contributed by atoms with E-state index in [4.69, 9.17) is 33.6 Å². The van der Waals surface area contributed by atoms with Crippen LogP contribution in [-0.2, 0) is 12.8 Å². The van der Waals surface area contributed by atoms with Crippen molar-refractivity contribution in [1.29, 1.82) is 10.5 Å². The Labute approximate surface area is 240 Å². The van der Waals surface area contributed by atoms with E-state index < -0.39 is 5.91 Å². The van der Waals surface area contributed by atoms with Crippen molar-refractivity contribution in [2.45, 2.75) is 44.6 Å². The average molecular weight is 558 g/mol. The van der Waals surface area contributed by atoms with Gasteiger partial charge in [0.25, 0.3) is 5.91 Å². The number of amides is 1. The van der Waals surface area contributed by atoms with Gasteiger partial charge in [-0.1, -0.05) is 35.9 Å². The average Bonchev–Trinajstić information content (AvgIpc) is 2.96. The summed E-state index contributed by atoms with van der Waals surface area (Å²) in [6, 6.07) is 19.8. The third-order valence-electron chi connectivity index (χ3n) is 7.61. The molecule has 1 amide bonds. The second kappa shape index (κ2) is 13.3. The van der Waals surface area contributed by atoms with Gasteiger partial charge in [-0.25, -0.2) is 9.97 Å². The maximum absolute atomic E-state index is 13.1. The maximum atomic E-state index is 13.1. The van der Waals surface area contributed by atoms with Crippen LogP contribution in [0.25, 0.3) is 0 Å². The number of anilines is 2. The number of nitriles is 2. The number of piperidine rings is 1. The third kappa shape index (κ3) is 7.47. The lowest BCUT2D eigenvalue weighted by Crippen LogP contribution is -2.60. The van der Waals surface area contributed by atoms with E-state index in [-0.39, 0.29) is 28.5 Å². The maximum Gasteiger partial charge on any atom is 0.274 e. The van der Waals surface area contributed by atoms with E-state index in [1.807, 2.05) is 48.5 Å². The highest BCUT2D eigenvalue weighted by atomic mass is 35.5. The molecule has 0 saturated carbocycles. The Morgan fingerprint density at radius 1 is 0.925 bits per heavy atom. The number of hydrogen-bond acceptors (Lipinski definition) is 7. The van der Waals surface area contributed by atoms with Gasteiger partial charge in [0, 0.05) is 12.8 Å². The minimum absolute atomic E-state index is 0.00593. The van der Waals surface area contributed by atoms with Crippen LogP contribution in [0.1, 0.15) is 58.4 Å². The molecule has 1 aliphatic rings. The fourth-order valence-electron chi connectivity index (χ4n) is 5.55. The highest BCUT2D eigenvalue weighted by molar-refractivity contribution is 6.31. The van der Waals surface area contributed by atoms with Gasteiger partial charge in [-0.15, -0.1) is 0 Å². The van der Waals surface area contributed by atoms with Crippen LogP contribution in [0.2, 0.25) is 5.15 Å². The monoisotopic (exact) mass is 557 g/mol. The first kappa shape index (κ1) is 28.8. The van der Waals surface area contributed by atoms with Crippen molar-refractivity contribution in [3.63, 3.8) is 0 Å². The molecule has 2 aromatic carbocycles. The van der Waals surface area contributed by atoms with Crippen LogP contribution in [0.4, 0.5) is 11.6 Å². The first-order valence-corrected chi connectivity index (χ1v) is 13.9. The van der Waals surface area contributed by atoms with Gasteiger partial charge in [-0.3, -0.25) is 4.79 Å².